The summed E-state index contributed by atoms with van der Waals surface area (Å²) in [6, 6.07) is 16.5. The number of likely N-dealkylation sites (N-methyl/N-ethyl adjacent to an activating group) is 1. The largest absolute Gasteiger partial charge is 0.366 e. The van der Waals surface area contributed by atoms with Crippen molar-refractivity contribution in [3.63, 3.8) is 0 Å². The summed E-state index contributed by atoms with van der Waals surface area (Å²) in [5, 5.41) is 0.789. The molecule has 0 aromatic heterocycles. The highest BCUT2D eigenvalue weighted by molar-refractivity contribution is 6.31. The highest BCUT2D eigenvalue weighted by atomic mass is 35.5. The highest BCUT2D eigenvalue weighted by Crippen LogP contribution is 2.27. The molecule has 0 saturated heterocycles. The van der Waals surface area contributed by atoms with Gasteiger partial charge in [0.15, 0.2) is 0 Å². The molecule has 0 heterocycles. The summed E-state index contributed by atoms with van der Waals surface area (Å²) in [7, 11) is 2.06. The van der Waals surface area contributed by atoms with Gasteiger partial charge in [0.25, 0.3) is 0 Å². The van der Waals surface area contributed by atoms with E-state index < -0.39 is 0 Å². The molecule has 0 aliphatic rings. The fraction of sp³-hybridized carbons (Fsp3) is 0.250. The first-order valence-corrected chi connectivity index (χ1v) is 6.75. The first-order valence-electron chi connectivity index (χ1n) is 6.37. The zero-order chi connectivity index (χ0) is 13.8. The topological polar surface area (TPSA) is 29.3 Å². The van der Waals surface area contributed by atoms with Crippen LogP contribution in [0.5, 0.6) is 0 Å². The van der Waals surface area contributed by atoms with E-state index in [1.165, 1.54) is 0 Å². The third-order valence-electron chi connectivity index (χ3n) is 3.43. The summed E-state index contributed by atoms with van der Waals surface area (Å²) >= 11 is 6.21. The lowest BCUT2D eigenvalue weighted by Gasteiger charge is -2.29. The van der Waals surface area contributed by atoms with Crippen LogP contribution in [-0.4, -0.2) is 13.6 Å². The molecule has 2 rings (SSSR count). The van der Waals surface area contributed by atoms with Gasteiger partial charge in [-0.15, -0.1) is 0 Å². The Morgan fingerprint density at radius 2 is 1.84 bits per heavy atom. The second kappa shape index (κ2) is 6.09. The predicted octanol–water partition coefficient (Wildman–Crippen LogP) is 3.78. The lowest BCUT2D eigenvalue weighted by Crippen LogP contribution is -2.30. The zero-order valence-corrected chi connectivity index (χ0v) is 12.1. The van der Waals surface area contributed by atoms with E-state index in [0.717, 1.165) is 21.8 Å². The Morgan fingerprint density at radius 1 is 1.16 bits per heavy atom. The van der Waals surface area contributed by atoms with Crippen LogP contribution in [0.4, 0.5) is 5.69 Å². The van der Waals surface area contributed by atoms with Crippen molar-refractivity contribution in [1.82, 2.24) is 0 Å². The Balaban J connectivity index is 2.31. The number of anilines is 1. The number of benzene rings is 2. The first kappa shape index (κ1) is 13.9. The molecular formula is C16H19ClN2. The van der Waals surface area contributed by atoms with Crippen molar-refractivity contribution in [3.05, 3.63) is 64.7 Å². The lowest BCUT2D eigenvalue weighted by molar-refractivity contribution is 0.680. The molecule has 0 aliphatic heterocycles. The number of nitrogens with two attached hydrogens (primary N) is 1. The van der Waals surface area contributed by atoms with Gasteiger partial charge in [0.1, 0.15) is 0 Å². The fourth-order valence-corrected chi connectivity index (χ4v) is 2.37. The molecule has 2 aromatic carbocycles. The van der Waals surface area contributed by atoms with Gasteiger partial charge in [-0.25, -0.2) is 0 Å². The summed E-state index contributed by atoms with van der Waals surface area (Å²) in [6.45, 7) is 2.55. The molecular weight excluding hydrogens is 256 g/mol. The zero-order valence-electron chi connectivity index (χ0n) is 11.3. The van der Waals surface area contributed by atoms with Crippen LogP contribution in [0.25, 0.3) is 0 Å². The minimum atomic E-state index is 0.125. The van der Waals surface area contributed by atoms with Crippen LogP contribution in [-0.2, 0) is 0 Å². The number of nitrogens with zero attached hydrogens (tertiary/aromatic N) is 1. The van der Waals surface area contributed by atoms with E-state index in [9.17, 15) is 0 Å². The molecule has 0 amide bonds. The summed E-state index contributed by atoms with van der Waals surface area (Å²) in [4.78, 5) is 2.18. The van der Waals surface area contributed by atoms with Crippen LogP contribution < -0.4 is 10.6 Å². The molecule has 100 valence electrons. The van der Waals surface area contributed by atoms with Gasteiger partial charge < -0.3 is 10.6 Å². The molecule has 2 aromatic rings. The number of rotatable bonds is 4. The number of hydrogen-bond acceptors (Lipinski definition) is 2. The van der Waals surface area contributed by atoms with Crippen LogP contribution >= 0.6 is 11.6 Å². The van der Waals surface area contributed by atoms with Gasteiger partial charge in [-0.3, -0.25) is 0 Å². The molecule has 1 unspecified atom stereocenters. The van der Waals surface area contributed by atoms with E-state index >= 15 is 0 Å². The Bertz CT molecular complexity index is 540. The normalized spacial score (nSPS) is 12.2. The maximum absolute atomic E-state index is 6.21. The van der Waals surface area contributed by atoms with Crippen LogP contribution in [0.3, 0.4) is 0 Å². The molecule has 0 spiro atoms. The standard InChI is InChI=1S/C16H19ClN2/c1-12-8-9-13(10-15(12)17)16(11-18)19(2)14-6-4-3-5-7-14/h3-10,16H,11,18H2,1-2H3. The van der Waals surface area contributed by atoms with Crippen molar-refractivity contribution in [2.24, 2.45) is 5.73 Å². The smallest absolute Gasteiger partial charge is 0.0662 e. The van der Waals surface area contributed by atoms with Gasteiger partial charge in [0.2, 0.25) is 0 Å². The fourth-order valence-electron chi connectivity index (χ4n) is 2.18. The van der Waals surface area contributed by atoms with E-state index in [4.69, 9.17) is 17.3 Å². The number of hydrogen-bond donors (Lipinski definition) is 1. The second-order valence-electron chi connectivity index (χ2n) is 4.71. The highest BCUT2D eigenvalue weighted by Gasteiger charge is 2.16. The van der Waals surface area contributed by atoms with Crippen LogP contribution in [0.15, 0.2) is 48.5 Å². The Morgan fingerprint density at radius 3 is 2.42 bits per heavy atom. The minimum Gasteiger partial charge on any atom is -0.366 e. The summed E-state index contributed by atoms with van der Waals surface area (Å²) in [5.41, 5.74) is 9.32. The van der Waals surface area contributed by atoms with Crippen molar-refractivity contribution in [1.29, 1.82) is 0 Å². The number of para-hydroxylation sites is 1. The van der Waals surface area contributed by atoms with Crippen molar-refractivity contribution >= 4 is 17.3 Å². The lowest BCUT2D eigenvalue weighted by atomic mass is 10.0. The number of halogens is 1. The summed E-state index contributed by atoms with van der Waals surface area (Å²) < 4.78 is 0. The van der Waals surface area contributed by atoms with Gasteiger partial charge in [-0.05, 0) is 36.2 Å². The van der Waals surface area contributed by atoms with Crippen molar-refractivity contribution in [2.75, 3.05) is 18.5 Å². The van der Waals surface area contributed by atoms with E-state index in [-0.39, 0.29) is 6.04 Å². The van der Waals surface area contributed by atoms with E-state index in [0.29, 0.717) is 6.54 Å². The van der Waals surface area contributed by atoms with Crippen LogP contribution in [0, 0.1) is 6.92 Å². The van der Waals surface area contributed by atoms with Crippen LogP contribution in [0.2, 0.25) is 5.02 Å². The van der Waals surface area contributed by atoms with Crippen LogP contribution in [0.1, 0.15) is 17.2 Å². The molecule has 0 radical (unpaired) electrons. The molecule has 0 saturated carbocycles. The van der Waals surface area contributed by atoms with Gasteiger partial charge in [0.05, 0.1) is 6.04 Å². The molecule has 0 fully saturated rings. The quantitative estimate of drug-likeness (QED) is 0.919. The predicted molar refractivity (Wildman–Crippen MR) is 82.8 cm³/mol. The van der Waals surface area contributed by atoms with Gasteiger partial charge in [-0.2, -0.15) is 0 Å². The molecule has 0 bridgehead atoms. The first-order chi connectivity index (χ1) is 9.13. The summed E-state index contributed by atoms with van der Waals surface area (Å²) in [5.74, 6) is 0. The van der Waals surface area contributed by atoms with Crippen molar-refractivity contribution in [2.45, 2.75) is 13.0 Å². The van der Waals surface area contributed by atoms with E-state index in [2.05, 4.69) is 30.1 Å². The minimum absolute atomic E-state index is 0.125. The SMILES string of the molecule is Cc1ccc(C(CN)N(C)c2ccccc2)cc1Cl. The molecule has 3 heteroatoms. The number of aryl methyl sites for hydroxylation is 1. The molecule has 2 N–H and O–H groups in total. The van der Waals surface area contributed by atoms with Gasteiger partial charge in [0, 0.05) is 24.3 Å². The maximum atomic E-state index is 6.21. The van der Waals surface area contributed by atoms with Gasteiger partial charge in [-0.1, -0.05) is 41.9 Å². The third kappa shape index (κ3) is 3.09. The Kier molecular flexibility index (Phi) is 4.46. The summed E-state index contributed by atoms with van der Waals surface area (Å²) in [6.07, 6.45) is 0. The van der Waals surface area contributed by atoms with Crippen molar-refractivity contribution in [3.8, 4) is 0 Å². The van der Waals surface area contributed by atoms with E-state index in [1.807, 2.05) is 37.3 Å². The molecule has 0 aliphatic carbocycles. The molecule has 2 nitrogen and oxygen atoms in total. The Hall–Kier alpha value is -1.51. The monoisotopic (exact) mass is 274 g/mol. The molecule has 1 atom stereocenters. The third-order valence-corrected chi connectivity index (χ3v) is 3.84. The Labute approximate surface area is 119 Å². The van der Waals surface area contributed by atoms with Crippen molar-refractivity contribution < 1.29 is 0 Å². The average molecular weight is 275 g/mol. The average Bonchev–Trinajstić information content (AvgIpc) is 2.44. The maximum Gasteiger partial charge on any atom is 0.0662 e. The second-order valence-corrected chi connectivity index (χ2v) is 5.11. The van der Waals surface area contributed by atoms with Gasteiger partial charge >= 0.3 is 0 Å². The van der Waals surface area contributed by atoms with E-state index in [1.54, 1.807) is 0 Å². The molecule has 19 heavy (non-hydrogen) atoms.